The zero-order valence-electron chi connectivity index (χ0n) is 8.15. The van der Waals surface area contributed by atoms with Crippen molar-refractivity contribution >= 4 is 11.7 Å². The molecule has 0 aliphatic rings. The van der Waals surface area contributed by atoms with Crippen molar-refractivity contribution < 1.29 is 9.59 Å². The Hall–Kier alpha value is -1.81. The van der Waals surface area contributed by atoms with Crippen molar-refractivity contribution in [2.45, 2.75) is 26.7 Å². The first-order valence-electron chi connectivity index (χ1n) is 4.19. The van der Waals surface area contributed by atoms with Gasteiger partial charge in [0.05, 0.1) is 0 Å². The molecule has 0 spiro atoms. The number of ketones is 1. The number of rotatable bonds is 4. The van der Waals surface area contributed by atoms with E-state index in [0.29, 0.717) is 18.5 Å². The predicted octanol–water partition coefficient (Wildman–Crippen LogP) is 1.43. The number of Topliss-reactive ketones (excluding diaryl/α,β-unsaturated/α-hetero) is 1. The molecular weight excluding hydrogens is 184 g/mol. The summed E-state index contributed by atoms with van der Waals surface area (Å²) in [5, 5.41) is 2.71. The first-order chi connectivity index (χ1) is 6.58. The molecule has 6 nitrogen and oxygen atoms in total. The molecule has 76 valence electrons. The van der Waals surface area contributed by atoms with Crippen molar-refractivity contribution in [2.75, 3.05) is 0 Å². The fourth-order valence-electron chi connectivity index (χ4n) is 0.962. The van der Waals surface area contributed by atoms with E-state index in [1.54, 1.807) is 13.8 Å². The van der Waals surface area contributed by atoms with E-state index in [9.17, 15) is 9.59 Å². The summed E-state index contributed by atoms with van der Waals surface area (Å²) in [4.78, 5) is 24.5. The molecule has 1 amide bonds. The quantitative estimate of drug-likeness (QED) is 0.241. The fourth-order valence-corrected chi connectivity index (χ4v) is 0.962. The van der Waals surface area contributed by atoms with Crippen LogP contribution in [0.5, 0.6) is 0 Å². The molecule has 0 aromatic heterocycles. The number of carbonyl (C=O) groups excluding carboxylic acids is 2. The lowest BCUT2D eigenvalue weighted by Crippen LogP contribution is -2.17. The predicted molar refractivity (Wildman–Crippen MR) is 51.0 cm³/mol. The summed E-state index contributed by atoms with van der Waals surface area (Å²) in [5.74, 6) is -1.93. The Morgan fingerprint density at radius 2 is 1.93 bits per heavy atom. The second-order valence-electron chi connectivity index (χ2n) is 2.53. The van der Waals surface area contributed by atoms with E-state index in [0.717, 1.165) is 0 Å². The third-order valence-corrected chi connectivity index (χ3v) is 1.73. The SMILES string of the molecule is CC/C(N)=C(\CC)C(=O)C(=O)N=[N+]=[N-]. The topological polar surface area (TPSA) is 109 Å². The van der Waals surface area contributed by atoms with Crippen LogP contribution >= 0.6 is 0 Å². The van der Waals surface area contributed by atoms with Gasteiger partial charge >= 0.3 is 0 Å². The number of nitrogens with zero attached hydrogens (tertiary/aromatic N) is 3. The molecule has 0 radical (unpaired) electrons. The molecule has 0 fully saturated rings. The normalized spacial score (nSPS) is 11.3. The molecule has 0 saturated heterocycles. The number of azide groups is 1. The Bertz CT molecular complexity index is 326. The van der Waals surface area contributed by atoms with Gasteiger partial charge in [0, 0.05) is 16.2 Å². The first-order valence-corrected chi connectivity index (χ1v) is 4.19. The van der Waals surface area contributed by atoms with Crippen molar-refractivity contribution in [3.05, 3.63) is 21.7 Å². The monoisotopic (exact) mass is 196 g/mol. The van der Waals surface area contributed by atoms with Crippen LogP contribution in [0.25, 0.3) is 10.4 Å². The third kappa shape index (κ3) is 2.91. The van der Waals surface area contributed by atoms with Crippen molar-refractivity contribution in [3.63, 3.8) is 0 Å². The average molecular weight is 196 g/mol. The molecule has 6 heteroatoms. The molecule has 0 bridgehead atoms. The van der Waals surface area contributed by atoms with Gasteiger partial charge < -0.3 is 5.73 Å². The number of carbonyl (C=O) groups is 2. The van der Waals surface area contributed by atoms with Crippen molar-refractivity contribution in [1.82, 2.24) is 0 Å². The summed E-state index contributed by atoms with van der Waals surface area (Å²) in [6, 6.07) is 0. The highest BCUT2D eigenvalue weighted by atomic mass is 16.2. The van der Waals surface area contributed by atoms with Crippen LogP contribution in [0.3, 0.4) is 0 Å². The van der Waals surface area contributed by atoms with Gasteiger partial charge in [-0.25, -0.2) is 0 Å². The second-order valence-corrected chi connectivity index (χ2v) is 2.53. The highest BCUT2D eigenvalue weighted by Crippen LogP contribution is 2.09. The Morgan fingerprint density at radius 3 is 2.29 bits per heavy atom. The van der Waals surface area contributed by atoms with Gasteiger partial charge in [0.2, 0.25) is 5.78 Å². The smallest absolute Gasteiger partial charge is 0.289 e. The van der Waals surface area contributed by atoms with Crippen LogP contribution in [0.4, 0.5) is 0 Å². The molecule has 0 unspecified atom stereocenters. The molecule has 0 aromatic carbocycles. The minimum Gasteiger partial charge on any atom is -0.402 e. The van der Waals surface area contributed by atoms with E-state index in [4.69, 9.17) is 11.3 Å². The van der Waals surface area contributed by atoms with E-state index < -0.39 is 11.7 Å². The minimum atomic E-state index is -1.11. The lowest BCUT2D eigenvalue weighted by Gasteiger charge is -2.04. The van der Waals surface area contributed by atoms with Crippen LogP contribution in [0.15, 0.2) is 16.4 Å². The number of amides is 1. The van der Waals surface area contributed by atoms with Crippen LogP contribution in [-0.4, -0.2) is 11.7 Å². The summed E-state index contributed by atoms with van der Waals surface area (Å²) in [6.07, 6.45) is 0.837. The van der Waals surface area contributed by atoms with E-state index in [-0.39, 0.29) is 5.57 Å². The Morgan fingerprint density at radius 1 is 1.36 bits per heavy atom. The zero-order chi connectivity index (χ0) is 11.1. The lowest BCUT2D eigenvalue weighted by molar-refractivity contribution is -0.133. The van der Waals surface area contributed by atoms with Gasteiger partial charge in [-0.15, -0.1) is 0 Å². The molecule has 0 heterocycles. The van der Waals surface area contributed by atoms with E-state index in [1.807, 2.05) is 0 Å². The molecule has 0 aromatic rings. The second kappa shape index (κ2) is 5.77. The molecule has 2 N–H and O–H groups in total. The molecule has 0 atom stereocenters. The Balaban J connectivity index is 4.99. The van der Waals surface area contributed by atoms with Gasteiger partial charge in [-0.1, -0.05) is 13.8 Å². The van der Waals surface area contributed by atoms with Crippen LogP contribution in [-0.2, 0) is 9.59 Å². The van der Waals surface area contributed by atoms with E-state index >= 15 is 0 Å². The number of hydrogen-bond acceptors (Lipinski definition) is 3. The van der Waals surface area contributed by atoms with Gasteiger partial charge in [0.25, 0.3) is 5.91 Å². The van der Waals surface area contributed by atoms with Crippen LogP contribution < -0.4 is 5.73 Å². The highest BCUT2D eigenvalue weighted by molar-refractivity contribution is 6.43. The van der Waals surface area contributed by atoms with Crippen molar-refractivity contribution in [1.29, 1.82) is 0 Å². The third-order valence-electron chi connectivity index (χ3n) is 1.73. The zero-order valence-corrected chi connectivity index (χ0v) is 8.15. The molecule has 0 saturated carbocycles. The molecular formula is C8H12N4O2. The van der Waals surface area contributed by atoms with Gasteiger partial charge in [0.1, 0.15) is 0 Å². The Kier molecular flexibility index (Phi) is 5.02. The van der Waals surface area contributed by atoms with Gasteiger partial charge in [-0.3, -0.25) is 9.59 Å². The maximum atomic E-state index is 11.3. The summed E-state index contributed by atoms with van der Waals surface area (Å²) < 4.78 is 0. The minimum absolute atomic E-state index is 0.227. The van der Waals surface area contributed by atoms with Crippen molar-refractivity contribution in [3.8, 4) is 0 Å². The van der Waals surface area contributed by atoms with Gasteiger partial charge in [-0.05, 0) is 23.5 Å². The lowest BCUT2D eigenvalue weighted by atomic mass is 10.0. The van der Waals surface area contributed by atoms with Crippen LogP contribution in [0.1, 0.15) is 26.7 Å². The maximum absolute atomic E-state index is 11.3. The standard InChI is InChI=1S/C8H12N4O2/c1-3-5(6(9)4-2)7(13)8(14)11-12-10/h3-4,9H2,1-2H3/b6-5-. The molecule has 0 aliphatic carbocycles. The average Bonchev–Trinajstić information content (AvgIpc) is 2.18. The number of hydrogen-bond donors (Lipinski definition) is 1. The largest absolute Gasteiger partial charge is 0.402 e. The van der Waals surface area contributed by atoms with E-state index in [1.165, 1.54) is 0 Å². The number of allylic oxidation sites excluding steroid dienone is 1. The summed E-state index contributed by atoms with van der Waals surface area (Å²) >= 11 is 0. The van der Waals surface area contributed by atoms with Gasteiger partial charge in [0.15, 0.2) is 0 Å². The molecule has 0 aliphatic heterocycles. The Labute approximate surface area is 81.4 Å². The highest BCUT2D eigenvalue weighted by Gasteiger charge is 2.17. The summed E-state index contributed by atoms with van der Waals surface area (Å²) in [5.41, 5.74) is 14.1. The molecule has 14 heavy (non-hydrogen) atoms. The number of nitrogens with two attached hydrogens (primary N) is 1. The van der Waals surface area contributed by atoms with E-state index in [2.05, 4.69) is 10.0 Å². The van der Waals surface area contributed by atoms with Crippen LogP contribution in [0.2, 0.25) is 0 Å². The molecule has 0 rings (SSSR count). The van der Waals surface area contributed by atoms with Crippen molar-refractivity contribution in [2.24, 2.45) is 10.8 Å². The fraction of sp³-hybridized carbons (Fsp3) is 0.500. The van der Waals surface area contributed by atoms with Crippen LogP contribution in [0, 0.1) is 0 Å². The maximum Gasteiger partial charge on any atom is 0.289 e. The van der Waals surface area contributed by atoms with Gasteiger partial charge in [-0.2, -0.15) is 0 Å². The summed E-state index contributed by atoms with van der Waals surface area (Å²) in [6.45, 7) is 3.48. The first kappa shape index (κ1) is 12.2. The summed E-state index contributed by atoms with van der Waals surface area (Å²) in [7, 11) is 0.